The van der Waals surface area contributed by atoms with Crippen molar-refractivity contribution in [1.82, 2.24) is 10.2 Å². The van der Waals surface area contributed by atoms with Gasteiger partial charge in [-0.1, -0.05) is 37.3 Å². The molecule has 9 heteroatoms. The van der Waals surface area contributed by atoms with Crippen molar-refractivity contribution in [3.63, 3.8) is 0 Å². The first kappa shape index (κ1) is 26.2. The zero-order chi connectivity index (χ0) is 24.4. The first-order chi connectivity index (χ1) is 15.7. The Kier molecular flexibility index (Phi) is 9.72. The number of para-hydroxylation sites is 1. The number of carbonyl (C=O) groups is 2. The van der Waals surface area contributed by atoms with Crippen molar-refractivity contribution < 1.29 is 22.7 Å². The van der Waals surface area contributed by atoms with Crippen LogP contribution < -0.4 is 14.4 Å². The van der Waals surface area contributed by atoms with Gasteiger partial charge in [-0.2, -0.15) is 0 Å². The van der Waals surface area contributed by atoms with Gasteiger partial charge < -0.3 is 15.0 Å². The number of hydrogen-bond acceptors (Lipinski definition) is 5. The number of anilines is 1. The fourth-order valence-corrected chi connectivity index (χ4v) is 4.62. The minimum atomic E-state index is -3.50. The molecule has 0 bridgehead atoms. The van der Waals surface area contributed by atoms with E-state index >= 15 is 0 Å². The second-order valence-electron chi connectivity index (χ2n) is 7.69. The van der Waals surface area contributed by atoms with Crippen LogP contribution in [0.5, 0.6) is 5.75 Å². The molecule has 8 nitrogen and oxygen atoms in total. The van der Waals surface area contributed by atoms with Gasteiger partial charge in [0.2, 0.25) is 21.8 Å². The van der Waals surface area contributed by atoms with Crippen LogP contribution in [-0.2, 0) is 26.2 Å². The molecule has 0 saturated carbocycles. The van der Waals surface area contributed by atoms with Gasteiger partial charge in [-0.05, 0) is 42.7 Å². The second kappa shape index (κ2) is 12.2. The Morgan fingerprint density at radius 1 is 1.09 bits per heavy atom. The van der Waals surface area contributed by atoms with Crippen molar-refractivity contribution in [1.29, 1.82) is 0 Å². The third-order valence-corrected chi connectivity index (χ3v) is 6.51. The SMILES string of the molecule is CC[C@@H](C(=O)NC)N(Cc1cccc(OC)c1)C(=O)CCCN(c1ccccc1)S(C)(=O)=O. The molecule has 1 atom stereocenters. The van der Waals surface area contributed by atoms with Crippen molar-refractivity contribution in [2.75, 3.05) is 31.3 Å². The van der Waals surface area contributed by atoms with Crippen LogP contribution in [0.4, 0.5) is 5.69 Å². The van der Waals surface area contributed by atoms with Gasteiger partial charge in [0.15, 0.2) is 0 Å². The van der Waals surface area contributed by atoms with Crippen molar-refractivity contribution in [2.24, 2.45) is 0 Å². The van der Waals surface area contributed by atoms with E-state index in [4.69, 9.17) is 4.74 Å². The van der Waals surface area contributed by atoms with Gasteiger partial charge in [-0.15, -0.1) is 0 Å². The van der Waals surface area contributed by atoms with Gasteiger partial charge >= 0.3 is 0 Å². The number of ether oxygens (including phenoxy) is 1. The summed E-state index contributed by atoms with van der Waals surface area (Å²) in [5.74, 6) is 0.213. The van der Waals surface area contributed by atoms with Gasteiger partial charge in [0.25, 0.3) is 0 Å². The molecule has 0 aliphatic heterocycles. The van der Waals surface area contributed by atoms with Crippen LogP contribution in [0.2, 0.25) is 0 Å². The first-order valence-corrected chi connectivity index (χ1v) is 12.7. The van der Waals surface area contributed by atoms with Crippen LogP contribution in [0.3, 0.4) is 0 Å². The number of sulfonamides is 1. The maximum absolute atomic E-state index is 13.2. The number of benzene rings is 2. The van der Waals surface area contributed by atoms with E-state index in [1.165, 1.54) is 4.31 Å². The van der Waals surface area contributed by atoms with Crippen LogP contribution in [0.25, 0.3) is 0 Å². The molecule has 2 aromatic rings. The van der Waals surface area contributed by atoms with E-state index in [1.807, 2.05) is 37.3 Å². The number of nitrogens with zero attached hydrogens (tertiary/aromatic N) is 2. The summed E-state index contributed by atoms with van der Waals surface area (Å²) in [4.78, 5) is 27.3. The molecule has 0 aromatic heterocycles. The van der Waals surface area contributed by atoms with Gasteiger partial charge in [0, 0.05) is 26.6 Å². The monoisotopic (exact) mass is 475 g/mol. The van der Waals surface area contributed by atoms with Crippen LogP contribution >= 0.6 is 0 Å². The van der Waals surface area contributed by atoms with Crippen molar-refractivity contribution in [3.05, 3.63) is 60.2 Å². The normalized spacial score (nSPS) is 12.0. The zero-order valence-corrected chi connectivity index (χ0v) is 20.5. The van der Waals surface area contributed by atoms with Crippen molar-refractivity contribution >= 4 is 27.5 Å². The van der Waals surface area contributed by atoms with Crippen LogP contribution in [0.1, 0.15) is 31.7 Å². The lowest BCUT2D eigenvalue weighted by Gasteiger charge is -2.31. The lowest BCUT2D eigenvalue weighted by atomic mass is 10.1. The molecule has 0 aliphatic carbocycles. The maximum Gasteiger partial charge on any atom is 0.242 e. The summed E-state index contributed by atoms with van der Waals surface area (Å²) in [7, 11) is -0.385. The molecule has 0 radical (unpaired) electrons. The quantitative estimate of drug-likeness (QED) is 0.509. The van der Waals surface area contributed by atoms with E-state index in [9.17, 15) is 18.0 Å². The molecule has 0 heterocycles. The van der Waals surface area contributed by atoms with E-state index in [0.717, 1.165) is 11.8 Å². The van der Waals surface area contributed by atoms with E-state index in [-0.39, 0.29) is 31.3 Å². The largest absolute Gasteiger partial charge is 0.497 e. The molecule has 1 N–H and O–H groups in total. The predicted molar refractivity (Wildman–Crippen MR) is 130 cm³/mol. The van der Waals surface area contributed by atoms with Crippen LogP contribution in [0.15, 0.2) is 54.6 Å². The lowest BCUT2D eigenvalue weighted by Crippen LogP contribution is -2.48. The summed E-state index contributed by atoms with van der Waals surface area (Å²) in [5, 5.41) is 2.63. The fourth-order valence-electron chi connectivity index (χ4n) is 3.65. The average molecular weight is 476 g/mol. The number of carbonyl (C=O) groups excluding carboxylic acids is 2. The molecule has 2 aromatic carbocycles. The Morgan fingerprint density at radius 3 is 2.36 bits per heavy atom. The standard InChI is InChI=1S/C24H33N3O5S/c1-5-22(24(29)25-2)26(18-19-11-9-14-21(17-19)32-3)23(28)15-10-16-27(33(4,30)31)20-12-7-6-8-13-20/h6-9,11-14,17,22H,5,10,15-16,18H2,1-4H3,(H,25,29)/t22-/m0/s1. The first-order valence-electron chi connectivity index (χ1n) is 10.9. The summed E-state index contributed by atoms with van der Waals surface area (Å²) in [6, 6.07) is 15.5. The average Bonchev–Trinajstić information content (AvgIpc) is 2.81. The summed E-state index contributed by atoms with van der Waals surface area (Å²) < 4.78 is 31.1. The van der Waals surface area contributed by atoms with Gasteiger partial charge in [-0.25, -0.2) is 8.42 Å². The van der Waals surface area contributed by atoms with Gasteiger partial charge in [0.05, 0.1) is 19.1 Å². The molecule has 0 saturated heterocycles. The molecule has 2 amide bonds. The highest BCUT2D eigenvalue weighted by Crippen LogP contribution is 2.20. The van der Waals surface area contributed by atoms with Gasteiger partial charge in [0.1, 0.15) is 11.8 Å². The second-order valence-corrected chi connectivity index (χ2v) is 9.59. The van der Waals surface area contributed by atoms with Crippen molar-refractivity contribution in [2.45, 2.75) is 38.8 Å². The molecular weight excluding hydrogens is 442 g/mol. The molecule has 33 heavy (non-hydrogen) atoms. The lowest BCUT2D eigenvalue weighted by molar-refractivity contribution is -0.141. The smallest absolute Gasteiger partial charge is 0.242 e. The third-order valence-electron chi connectivity index (χ3n) is 5.32. The summed E-state index contributed by atoms with van der Waals surface area (Å²) >= 11 is 0. The highest BCUT2D eigenvalue weighted by molar-refractivity contribution is 7.92. The van der Waals surface area contributed by atoms with Crippen LogP contribution in [-0.4, -0.2) is 58.1 Å². The Morgan fingerprint density at radius 2 is 1.79 bits per heavy atom. The number of nitrogens with one attached hydrogen (secondary N) is 1. The topological polar surface area (TPSA) is 96.0 Å². The molecule has 180 valence electrons. The molecular formula is C24H33N3O5S. The number of hydrogen-bond donors (Lipinski definition) is 1. The Balaban J connectivity index is 2.18. The van der Waals surface area contributed by atoms with E-state index in [2.05, 4.69) is 5.32 Å². The maximum atomic E-state index is 13.2. The summed E-state index contributed by atoms with van der Waals surface area (Å²) in [6.45, 7) is 2.27. The van der Waals surface area contributed by atoms with Crippen LogP contribution in [0, 0.1) is 0 Å². The number of methoxy groups -OCH3 is 1. The van der Waals surface area contributed by atoms with Crippen molar-refractivity contribution in [3.8, 4) is 5.75 Å². The molecule has 0 spiro atoms. The summed E-state index contributed by atoms with van der Waals surface area (Å²) in [5.41, 5.74) is 1.39. The highest BCUT2D eigenvalue weighted by Gasteiger charge is 2.28. The number of likely N-dealkylation sites (N-methyl/N-ethyl adjacent to an activating group) is 1. The highest BCUT2D eigenvalue weighted by atomic mass is 32.2. The number of rotatable bonds is 12. The molecule has 0 aliphatic rings. The third kappa shape index (κ3) is 7.49. The van der Waals surface area contributed by atoms with E-state index in [0.29, 0.717) is 24.3 Å². The van der Waals surface area contributed by atoms with E-state index < -0.39 is 16.1 Å². The fraction of sp³-hybridized carbons (Fsp3) is 0.417. The minimum Gasteiger partial charge on any atom is -0.497 e. The Hall–Kier alpha value is -3.07. The minimum absolute atomic E-state index is 0.107. The molecule has 0 fully saturated rings. The van der Waals surface area contributed by atoms with Gasteiger partial charge in [-0.3, -0.25) is 13.9 Å². The Bertz CT molecular complexity index is 1030. The predicted octanol–water partition coefficient (Wildman–Crippen LogP) is 2.79. The summed E-state index contributed by atoms with van der Waals surface area (Å²) in [6.07, 6.45) is 2.03. The zero-order valence-electron chi connectivity index (χ0n) is 19.7. The van der Waals surface area contributed by atoms with E-state index in [1.54, 1.807) is 43.3 Å². The molecule has 2 rings (SSSR count). The number of amides is 2. The Labute approximate surface area is 196 Å². The molecule has 0 unspecified atom stereocenters.